The van der Waals surface area contributed by atoms with Gasteiger partial charge in [0.25, 0.3) is 0 Å². The molecule has 1 aliphatic rings. The zero-order chi connectivity index (χ0) is 14.1. The smallest absolute Gasteiger partial charge is 0.228 e. The highest BCUT2D eigenvalue weighted by molar-refractivity contribution is 6.33. The van der Waals surface area contributed by atoms with Gasteiger partial charge in [-0.25, -0.2) is 4.98 Å². The van der Waals surface area contributed by atoms with E-state index in [1.807, 2.05) is 31.2 Å². The Morgan fingerprint density at radius 1 is 1.45 bits per heavy atom. The Morgan fingerprint density at radius 3 is 2.95 bits per heavy atom. The Labute approximate surface area is 123 Å². The van der Waals surface area contributed by atoms with E-state index in [1.54, 1.807) is 0 Å². The molecule has 1 aromatic heterocycles. The summed E-state index contributed by atoms with van der Waals surface area (Å²) in [7, 11) is 0. The molecule has 0 aliphatic carbocycles. The van der Waals surface area contributed by atoms with Gasteiger partial charge in [0.15, 0.2) is 0 Å². The Balaban J connectivity index is 1.82. The molecular formula is C15H17ClN2O2. The van der Waals surface area contributed by atoms with E-state index in [0.29, 0.717) is 24.0 Å². The topological polar surface area (TPSA) is 49.5 Å². The van der Waals surface area contributed by atoms with Crippen LogP contribution < -0.4 is 0 Å². The van der Waals surface area contributed by atoms with E-state index in [9.17, 15) is 5.11 Å². The first kappa shape index (κ1) is 13.6. The van der Waals surface area contributed by atoms with Crippen molar-refractivity contribution in [3.8, 4) is 11.5 Å². The van der Waals surface area contributed by atoms with Crippen molar-refractivity contribution in [1.82, 2.24) is 9.88 Å². The van der Waals surface area contributed by atoms with Gasteiger partial charge in [0.1, 0.15) is 5.76 Å². The summed E-state index contributed by atoms with van der Waals surface area (Å²) in [4.78, 5) is 6.74. The zero-order valence-electron chi connectivity index (χ0n) is 11.3. The normalized spacial score (nSPS) is 19.6. The number of β-amino-alcohol motifs (C(OH)–C–C–N with tert-alkyl or cyclic N) is 1. The largest absolute Gasteiger partial charge is 0.441 e. The number of aliphatic hydroxyl groups excluding tert-OH is 1. The predicted molar refractivity (Wildman–Crippen MR) is 77.6 cm³/mol. The van der Waals surface area contributed by atoms with Crippen molar-refractivity contribution >= 4 is 11.6 Å². The minimum atomic E-state index is -0.217. The molecular weight excluding hydrogens is 276 g/mol. The zero-order valence-corrected chi connectivity index (χ0v) is 12.1. The molecule has 2 aromatic rings. The molecule has 106 valence electrons. The lowest BCUT2D eigenvalue weighted by molar-refractivity contribution is 0.174. The SMILES string of the molecule is Cc1oc(-c2ccccc2Cl)nc1CN1CC[C@@H](O)C1. The van der Waals surface area contributed by atoms with Crippen molar-refractivity contribution in [2.45, 2.75) is 26.0 Å². The number of hydrogen-bond acceptors (Lipinski definition) is 4. The standard InChI is InChI=1S/C15H17ClN2O2/c1-10-14(9-18-7-6-11(19)8-18)17-15(20-10)12-4-2-3-5-13(12)16/h2-5,11,19H,6-9H2,1H3/t11-/m1/s1. The fourth-order valence-corrected chi connectivity index (χ4v) is 2.71. The third-order valence-electron chi connectivity index (χ3n) is 3.62. The van der Waals surface area contributed by atoms with E-state index in [4.69, 9.17) is 16.0 Å². The first-order valence-electron chi connectivity index (χ1n) is 6.75. The summed E-state index contributed by atoms with van der Waals surface area (Å²) in [5.41, 5.74) is 1.72. The average molecular weight is 293 g/mol. The van der Waals surface area contributed by atoms with Gasteiger partial charge in [-0.05, 0) is 25.5 Å². The van der Waals surface area contributed by atoms with Crippen LogP contribution >= 0.6 is 11.6 Å². The van der Waals surface area contributed by atoms with Gasteiger partial charge in [0.05, 0.1) is 22.4 Å². The summed E-state index contributed by atoms with van der Waals surface area (Å²) < 4.78 is 5.73. The molecule has 1 saturated heterocycles. The van der Waals surface area contributed by atoms with Crippen LogP contribution in [0, 0.1) is 6.92 Å². The lowest BCUT2D eigenvalue weighted by Gasteiger charge is -2.12. The Morgan fingerprint density at radius 2 is 2.25 bits per heavy atom. The number of nitrogens with zero attached hydrogens (tertiary/aromatic N) is 2. The fourth-order valence-electron chi connectivity index (χ4n) is 2.49. The summed E-state index contributed by atoms with van der Waals surface area (Å²) in [5, 5.41) is 10.2. The highest BCUT2D eigenvalue weighted by Crippen LogP contribution is 2.29. The number of aromatic nitrogens is 1. The van der Waals surface area contributed by atoms with E-state index < -0.39 is 0 Å². The molecule has 4 nitrogen and oxygen atoms in total. The highest BCUT2D eigenvalue weighted by Gasteiger charge is 2.22. The van der Waals surface area contributed by atoms with E-state index in [1.165, 1.54) is 0 Å². The summed E-state index contributed by atoms with van der Waals surface area (Å²) in [6, 6.07) is 7.52. The highest BCUT2D eigenvalue weighted by atomic mass is 35.5. The van der Waals surface area contributed by atoms with Crippen LogP contribution in [0.15, 0.2) is 28.7 Å². The van der Waals surface area contributed by atoms with Crippen LogP contribution in [0.4, 0.5) is 0 Å². The number of benzene rings is 1. The van der Waals surface area contributed by atoms with Crippen molar-refractivity contribution in [3.63, 3.8) is 0 Å². The molecule has 20 heavy (non-hydrogen) atoms. The van der Waals surface area contributed by atoms with E-state index in [-0.39, 0.29) is 6.10 Å². The maximum atomic E-state index is 9.56. The number of oxazole rings is 1. The van der Waals surface area contributed by atoms with Crippen molar-refractivity contribution < 1.29 is 9.52 Å². The van der Waals surface area contributed by atoms with Gasteiger partial charge >= 0.3 is 0 Å². The van der Waals surface area contributed by atoms with Gasteiger partial charge in [-0.3, -0.25) is 4.90 Å². The summed E-state index contributed by atoms with van der Waals surface area (Å²) in [5.74, 6) is 1.36. The number of halogens is 1. The minimum absolute atomic E-state index is 0.217. The summed E-state index contributed by atoms with van der Waals surface area (Å²) in [6.45, 7) is 4.22. The van der Waals surface area contributed by atoms with E-state index in [2.05, 4.69) is 9.88 Å². The van der Waals surface area contributed by atoms with Crippen molar-refractivity contribution in [2.75, 3.05) is 13.1 Å². The Hall–Kier alpha value is -1.36. The number of hydrogen-bond donors (Lipinski definition) is 1. The number of rotatable bonds is 3. The average Bonchev–Trinajstić information content (AvgIpc) is 2.98. The number of aliphatic hydroxyl groups is 1. The van der Waals surface area contributed by atoms with Crippen LogP contribution in [0.3, 0.4) is 0 Å². The maximum Gasteiger partial charge on any atom is 0.228 e. The lowest BCUT2D eigenvalue weighted by Crippen LogP contribution is -2.22. The molecule has 1 atom stereocenters. The Kier molecular flexibility index (Phi) is 3.78. The van der Waals surface area contributed by atoms with Crippen molar-refractivity contribution in [2.24, 2.45) is 0 Å². The molecule has 0 bridgehead atoms. The van der Waals surface area contributed by atoms with Gasteiger partial charge in [-0.1, -0.05) is 23.7 Å². The number of likely N-dealkylation sites (tertiary alicyclic amines) is 1. The molecule has 0 radical (unpaired) electrons. The van der Waals surface area contributed by atoms with Gasteiger partial charge in [0.2, 0.25) is 5.89 Å². The second-order valence-corrected chi connectivity index (χ2v) is 5.59. The number of aryl methyl sites for hydroxylation is 1. The van der Waals surface area contributed by atoms with Gasteiger partial charge in [-0.2, -0.15) is 0 Å². The van der Waals surface area contributed by atoms with Crippen LogP contribution in [0.25, 0.3) is 11.5 Å². The Bertz CT molecular complexity index is 612. The molecule has 3 rings (SSSR count). The lowest BCUT2D eigenvalue weighted by atomic mass is 10.2. The second kappa shape index (κ2) is 5.56. The first-order chi connectivity index (χ1) is 9.63. The third kappa shape index (κ3) is 2.73. The van der Waals surface area contributed by atoms with Crippen LogP contribution in [0.5, 0.6) is 0 Å². The minimum Gasteiger partial charge on any atom is -0.441 e. The van der Waals surface area contributed by atoms with E-state index >= 15 is 0 Å². The molecule has 0 unspecified atom stereocenters. The second-order valence-electron chi connectivity index (χ2n) is 5.18. The predicted octanol–water partition coefficient (Wildman–Crippen LogP) is 2.87. The van der Waals surface area contributed by atoms with Crippen LogP contribution in [0.1, 0.15) is 17.9 Å². The molecule has 2 heterocycles. The molecule has 1 aromatic carbocycles. The molecule has 1 N–H and O–H groups in total. The fraction of sp³-hybridized carbons (Fsp3) is 0.400. The summed E-state index contributed by atoms with van der Waals surface area (Å²) >= 11 is 6.17. The quantitative estimate of drug-likeness (QED) is 0.945. The molecule has 0 saturated carbocycles. The third-order valence-corrected chi connectivity index (χ3v) is 3.95. The van der Waals surface area contributed by atoms with Gasteiger partial charge < -0.3 is 9.52 Å². The molecule has 0 spiro atoms. The molecule has 5 heteroatoms. The first-order valence-corrected chi connectivity index (χ1v) is 7.13. The monoisotopic (exact) mass is 292 g/mol. The maximum absolute atomic E-state index is 9.56. The van der Waals surface area contributed by atoms with Crippen molar-refractivity contribution in [1.29, 1.82) is 0 Å². The molecule has 1 fully saturated rings. The molecule has 1 aliphatic heterocycles. The van der Waals surface area contributed by atoms with Crippen molar-refractivity contribution in [3.05, 3.63) is 40.7 Å². The molecule has 0 amide bonds. The van der Waals surface area contributed by atoms with Crippen LogP contribution in [0.2, 0.25) is 5.02 Å². The van der Waals surface area contributed by atoms with Gasteiger partial charge in [-0.15, -0.1) is 0 Å². The van der Waals surface area contributed by atoms with Crippen LogP contribution in [-0.2, 0) is 6.54 Å². The summed E-state index contributed by atoms with van der Waals surface area (Å²) in [6.07, 6.45) is 0.610. The van der Waals surface area contributed by atoms with E-state index in [0.717, 1.165) is 30.0 Å². The van der Waals surface area contributed by atoms with Gasteiger partial charge in [0, 0.05) is 19.6 Å². The van der Waals surface area contributed by atoms with Crippen LogP contribution in [-0.4, -0.2) is 34.2 Å².